The van der Waals surface area contributed by atoms with Crippen LogP contribution in [0.5, 0.6) is 0 Å². The number of nitrogens with zero attached hydrogens (tertiary/aromatic N) is 1. The second-order valence-electron chi connectivity index (χ2n) is 5.61. The second-order valence-corrected chi connectivity index (χ2v) is 6.39. The maximum Gasteiger partial charge on any atom is 0.254 e. The van der Waals surface area contributed by atoms with E-state index in [-0.39, 0.29) is 30.4 Å². The van der Waals surface area contributed by atoms with Gasteiger partial charge < -0.3 is 15.3 Å². The number of aliphatic hydroxyl groups excluding tert-OH is 1. The van der Waals surface area contributed by atoms with Crippen LogP contribution >= 0.6 is 11.3 Å². The first-order chi connectivity index (χ1) is 11.2. The average molecular weight is 330 g/mol. The predicted octanol–water partition coefficient (Wildman–Crippen LogP) is 1.61. The molecular weight excluding hydrogens is 312 g/mol. The van der Waals surface area contributed by atoms with Crippen molar-refractivity contribution in [3.63, 3.8) is 0 Å². The number of hydrogen-bond donors (Lipinski definition) is 2. The number of benzene rings is 1. The third-order valence-electron chi connectivity index (χ3n) is 4.08. The van der Waals surface area contributed by atoms with Gasteiger partial charge in [-0.05, 0) is 23.6 Å². The van der Waals surface area contributed by atoms with Crippen molar-refractivity contribution in [1.29, 1.82) is 0 Å². The maximum atomic E-state index is 12.4. The van der Waals surface area contributed by atoms with Gasteiger partial charge in [0.1, 0.15) is 0 Å². The lowest BCUT2D eigenvalue weighted by Crippen LogP contribution is -2.41. The molecule has 2 amide bonds. The third-order valence-corrected chi connectivity index (χ3v) is 4.77. The van der Waals surface area contributed by atoms with Gasteiger partial charge in [0.2, 0.25) is 0 Å². The molecular formula is C17H18N2O3S. The van der Waals surface area contributed by atoms with Crippen LogP contribution in [0.15, 0.2) is 47.2 Å². The Balaban J connectivity index is 1.68. The molecule has 6 heteroatoms. The Morgan fingerprint density at radius 3 is 2.61 bits per heavy atom. The van der Waals surface area contributed by atoms with Crippen LogP contribution in [0.1, 0.15) is 20.7 Å². The number of likely N-dealkylation sites (tertiary alicyclic amines) is 1. The number of thiophene rings is 1. The van der Waals surface area contributed by atoms with Crippen molar-refractivity contribution in [2.75, 3.05) is 19.7 Å². The first-order valence-electron chi connectivity index (χ1n) is 7.47. The minimum atomic E-state index is -0.240. The van der Waals surface area contributed by atoms with E-state index in [9.17, 15) is 14.7 Å². The molecule has 1 aromatic carbocycles. The molecule has 1 fully saturated rings. The zero-order chi connectivity index (χ0) is 16.2. The molecule has 2 heterocycles. The molecule has 1 saturated heterocycles. The third kappa shape index (κ3) is 3.43. The van der Waals surface area contributed by atoms with Crippen LogP contribution in [0, 0.1) is 5.92 Å². The molecule has 120 valence electrons. The molecule has 3 rings (SSSR count). The van der Waals surface area contributed by atoms with E-state index in [0.717, 1.165) is 0 Å². The van der Waals surface area contributed by atoms with E-state index < -0.39 is 0 Å². The Hall–Kier alpha value is -2.18. The highest BCUT2D eigenvalue weighted by Crippen LogP contribution is 2.20. The fourth-order valence-corrected chi connectivity index (χ4v) is 3.43. The van der Waals surface area contributed by atoms with Gasteiger partial charge in [-0.2, -0.15) is 11.3 Å². The molecule has 1 aliphatic heterocycles. The van der Waals surface area contributed by atoms with Crippen molar-refractivity contribution >= 4 is 23.2 Å². The molecule has 2 aromatic rings. The topological polar surface area (TPSA) is 69.6 Å². The molecule has 23 heavy (non-hydrogen) atoms. The molecule has 0 radical (unpaired) electrons. The minimum Gasteiger partial charge on any atom is -0.396 e. The van der Waals surface area contributed by atoms with Crippen LogP contribution in [-0.2, 0) is 0 Å². The van der Waals surface area contributed by atoms with Crippen LogP contribution < -0.4 is 5.32 Å². The molecule has 0 bridgehead atoms. The van der Waals surface area contributed by atoms with Gasteiger partial charge in [-0.1, -0.05) is 18.2 Å². The van der Waals surface area contributed by atoms with E-state index in [1.165, 1.54) is 11.3 Å². The number of hydrogen-bond acceptors (Lipinski definition) is 4. The van der Waals surface area contributed by atoms with Crippen molar-refractivity contribution in [1.82, 2.24) is 10.2 Å². The first kappa shape index (κ1) is 15.7. The molecule has 0 aliphatic carbocycles. The van der Waals surface area contributed by atoms with Gasteiger partial charge in [0.15, 0.2) is 0 Å². The fraction of sp³-hybridized carbons (Fsp3) is 0.294. The maximum absolute atomic E-state index is 12.4. The molecule has 0 unspecified atom stereocenters. The zero-order valence-corrected chi connectivity index (χ0v) is 13.3. The Morgan fingerprint density at radius 1 is 1.17 bits per heavy atom. The summed E-state index contributed by atoms with van der Waals surface area (Å²) in [5.74, 6) is -0.384. The second kappa shape index (κ2) is 6.93. The lowest BCUT2D eigenvalue weighted by molar-refractivity contribution is 0.0778. The van der Waals surface area contributed by atoms with Gasteiger partial charge in [-0.15, -0.1) is 0 Å². The smallest absolute Gasteiger partial charge is 0.254 e. The number of amides is 2. The lowest BCUT2D eigenvalue weighted by Gasteiger charge is -2.17. The molecule has 1 aromatic heterocycles. The van der Waals surface area contributed by atoms with Crippen molar-refractivity contribution in [3.8, 4) is 0 Å². The molecule has 2 atom stereocenters. The van der Waals surface area contributed by atoms with E-state index in [2.05, 4.69) is 5.32 Å². The zero-order valence-electron chi connectivity index (χ0n) is 12.5. The van der Waals surface area contributed by atoms with Crippen LogP contribution in [0.4, 0.5) is 0 Å². The summed E-state index contributed by atoms with van der Waals surface area (Å²) in [6.07, 6.45) is 0. The highest BCUT2D eigenvalue weighted by molar-refractivity contribution is 7.08. The quantitative estimate of drug-likeness (QED) is 0.895. The Bertz CT molecular complexity index is 672. The van der Waals surface area contributed by atoms with Crippen molar-refractivity contribution in [2.24, 2.45) is 5.92 Å². The summed E-state index contributed by atoms with van der Waals surface area (Å²) in [4.78, 5) is 26.4. The number of carbonyl (C=O) groups is 2. The van der Waals surface area contributed by atoms with E-state index >= 15 is 0 Å². The number of nitrogens with one attached hydrogen (secondary N) is 1. The standard InChI is InChI=1S/C17H18N2O3S/c20-10-14-8-19(17(22)13-6-7-23-11-13)9-15(14)18-16(21)12-4-2-1-3-5-12/h1-7,11,14-15,20H,8-10H2,(H,18,21)/t14-,15+/m0/s1. The summed E-state index contributed by atoms with van der Waals surface area (Å²) in [5.41, 5.74) is 1.23. The summed E-state index contributed by atoms with van der Waals surface area (Å²) < 4.78 is 0. The van der Waals surface area contributed by atoms with Gasteiger partial charge in [-0.25, -0.2) is 0 Å². The molecule has 2 N–H and O–H groups in total. The Labute approximate surface area is 138 Å². The number of aliphatic hydroxyl groups is 1. The summed E-state index contributed by atoms with van der Waals surface area (Å²) in [5, 5.41) is 16.2. The van der Waals surface area contributed by atoms with E-state index in [1.807, 2.05) is 16.8 Å². The summed E-state index contributed by atoms with van der Waals surface area (Å²) in [6.45, 7) is 0.802. The van der Waals surface area contributed by atoms with Crippen molar-refractivity contribution in [3.05, 3.63) is 58.3 Å². The highest BCUT2D eigenvalue weighted by Gasteiger charge is 2.36. The first-order valence-corrected chi connectivity index (χ1v) is 8.41. The van der Waals surface area contributed by atoms with Gasteiger partial charge >= 0.3 is 0 Å². The molecule has 1 aliphatic rings. The summed E-state index contributed by atoms with van der Waals surface area (Å²) >= 11 is 1.48. The Kier molecular flexibility index (Phi) is 4.73. The van der Waals surface area contributed by atoms with E-state index in [0.29, 0.717) is 24.2 Å². The monoisotopic (exact) mass is 330 g/mol. The van der Waals surface area contributed by atoms with E-state index in [1.54, 1.807) is 35.2 Å². The lowest BCUT2D eigenvalue weighted by atomic mass is 10.0. The average Bonchev–Trinajstić information content (AvgIpc) is 3.24. The highest BCUT2D eigenvalue weighted by atomic mass is 32.1. The summed E-state index contributed by atoms with van der Waals surface area (Å²) in [7, 11) is 0. The normalized spacial score (nSPS) is 20.5. The fourth-order valence-electron chi connectivity index (χ4n) is 2.80. The van der Waals surface area contributed by atoms with Gasteiger partial charge in [0.25, 0.3) is 11.8 Å². The van der Waals surface area contributed by atoms with E-state index in [4.69, 9.17) is 0 Å². The van der Waals surface area contributed by atoms with Crippen molar-refractivity contribution < 1.29 is 14.7 Å². The van der Waals surface area contributed by atoms with Crippen LogP contribution in [0.2, 0.25) is 0 Å². The largest absolute Gasteiger partial charge is 0.396 e. The predicted molar refractivity (Wildman–Crippen MR) is 88.5 cm³/mol. The summed E-state index contributed by atoms with van der Waals surface area (Å²) in [6, 6.07) is 10.5. The number of carbonyl (C=O) groups excluding carboxylic acids is 2. The minimum absolute atomic E-state index is 0.0545. The number of rotatable bonds is 4. The van der Waals surface area contributed by atoms with Gasteiger partial charge in [0, 0.05) is 36.6 Å². The van der Waals surface area contributed by atoms with Crippen molar-refractivity contribution in [2.45, 2.75) is 6.04 Å². The molecule has 0 saturated carbocycles. The van der Waals surface area contributed by atoms with Gasteiger partial charge in [-0.3, -0.25) is 9.59 Å². The SMILES string of the molecule is O=C(N[C@@H]1CN(C(=O)c2ccsc2)C[C@H]1CO)c1ccccc1. The van der Waals surface area contributed by atoms with Crippen LogP contribution in [0.25, 0.3) is 0 Å². The molecule has 5 nitrogen and oxygen atoms in total. The van der Waals surface area contributed by atoms with Crippen LogP contribution in [-0.4, -0.2) is 47.6 Å². The van der Waals surface area contributed by atoms with Gasteiger partial charge in [0.05, 0.1) is 11.6 Å². The Morgan fingerprint density at radius 2 is 1.96 bits per heavy atom. The van der Waals surface area contributed by atoms with Crippen LogP contribution in [0.3, 0.4) is 0 Å². The molecule has 0 spiro atoms.